The standard InChI is InChI=1S/C24H24N4O3S/c1-15-7-8-16(2)22-21(15)26-24(32-22)31-17-9-11-27(12-10-17)20(29)13-28-14-25-19-6-4-3-5-18(19)23(28)30/h3-8,14,17H,9-13H2,1-2H3. The Bertz CT molecular complexity index is 1330. The van der Waals surface area contributed by atoms with Crippen molar-refractivity contribution in [3.8, 4) is 5.19 Å². The van der Waals surface area contributed by atoms with Crippen LogP contribution in [0.4, 0.5) is 0 Å². The van der Waals surface area contributed by atoms with Gasteiger partial charge in [-0.2, -0.15) is 0 Å². The van der Waals surface area contributed by atoms with E-state index in [1.54, 1.807) is 34.4 Å². The Balaban J connectivity index is 1.22. The molecule has 0 N–H and O–H groups in total. The van der Waals surface area contributed by atoms with Gasteiger partial charge in [-0.25, -0.2) is 9.97 Å². The number of rotatable bonds is 4. The molecule has 0 spiro atoms. The van der Waals surface area contributed by atoms with Crippen molar-refractivity contribution in [1.29, 1.82) is 0 Å². The highest BCUT2D eigenvalue weighted by atomic mass is 32.1. The van der Waals surface area contributed by atoms with Gasteiger partial charge in [-0.05, 0) is 37.1 Å². The summed E-state index contributed by atoms with van der Waals surface area (Å²) in [5, 5.41) is 1.21. The molecular weight excluding hydrogens is 424 g/mol. The van der Waals surface area contributed by atoms with E-state index in [0.29, 0.717) is 29.2 Å². The molecule has 2 aromatic carbocycles. The second-order valence-corrected chi connectivity index (χ2v) is 9.21. The van der Waals surface area contributed by atoms with Crippen LogP contribution in [0.15, 0.2) is 47.5 Å². The summed E-state index contributed by atoms with van der Waals surface area (Å²) in [6.07, 6.45) is 2.97. The number of ether oxygens (including phenoxy) is 1. The number of likely N-dealkylation sites (tertiary alicyclic amines) is 1. The zero-order valence-corrected chi connectivity index (χ0v) is 18.9. The number of benzene rings is 2. The predicted octanol–water partition coefficient (Wildman–Crippen LogP) is 3.69. The summed E-state index contributed by atoms with van der Waals surface area (Å²) >= 11 is 1.58. The maximum absolute atomic E-state index is 12.8. The third-order valence-electron chi connectivity index (χ3n) is 6.02. The fourth-order valence-corrected chi connectivity index (χ4v) is 5.15. The van der Waals surface area contributed by atoms with Gasteiger partial charge in [-0.15, -0.1) is 0 Å². The van der Waals surface area contributed by atoms with Gasteiger partial charge in [-0.1, -0.05) is 35.6 Å². The van der Waals surface area contributed by atoms with E-state index in [1.165, 1.54) is 21.2 Å². The first-order valence-corrected chi connectivity index (χ1v) is 11.6. The summed E-state index contributed by atoms with van der Waals surface area (Å²) in [7, 11) is 0. The molecule has 0 aliphatic carbocycles. The van der Waals surface area contributed by atoms with Crippen molar-refractivity contribution in [3.63, 3.8) is 0 Å². The van der Waals surface area contributed by atoms with Crippen LogP contribution in [-0.2, 0) is 11.3 Å². The highest BCUT2D eigenvalue weighted by Gasteiger charge is 2.25. The Morgan fingerprint density at radius 1 is 1.12 bits per heavy atom. The third-order valence-corrected chi connectivity index (χ3v) is 7.10. The first-order chi connectivity index (χ1) is 15.5. The molecule has 4 aromatic rings. The van der Waals surface area contributed by atoms with Crippen LogP contribution in [0.1, 0.15) is 24.0 Å². The zero-order chi connectivity index (χ0) is 22.2. The van der Waals surface area contributed by atoms with Crippen molar-refractivity contribution in [2.24, 2.45) is 0 Å². The lowest BCUT2D eigenvalue weighted by Gasteiger charge is -2.31. The number of carbonyl (C=O) groups excluding carboxylic acids is 1. The first-order valence-electron chi connectivity index (χ1n) is 10.7. The van der Waals surface area contributed by atoms with Gasteiger partial charge in [0.15, 0.2) is 0 Å². The number of thiazole rings is 1. The van der Waals surface area contributed by atoms with E-state index in [9.17, 15) is 9.59 Å². The predicted molar refractivity (Wildman–Crippen MR) is 125 cm³/mol. The Labute approximate surface area is 189 Å². The molecule has 1 aliphatic rings. The zero-order valence-electron chi connectivity index (χ0n) is 18.1. The lowest BCUT2D eigenvalue weighted by Crippen LogP contribution is -2.44. The van der Waals surface area contributed by atoms with Crippen LogP contribution in [0.5, 0.6) is 5.19 Å². The minimum absolute atomic E-state index is 0.00137. The third kappa shape index (κ3) is 3.86. The number of carbonyl (C=O) groups is 1. The second kappa shape index (κ2) is 8.35. The lowest BCUT2D eigenvalue weighted by molar-refractivity contribution is -0.133. The minimum atomic E-state index is -0.191. The fourth-order valence-electron chi connectivity index (χ4n) is 4.12. The molecule has 0 saturated carbocycles. The lowest BCUT2D eigenvalue weighted by atomic mass is 10.1. The average Bonchev–Trinajstić information content (AvgIpc) is 3.24. The monoisotopic (exact) mass is 448 g/mol. The van der Waals surface area contributed by atoms with Crippen LogP contribution in [0.3, 0.4) is 0 Å². The van der Waals surface area contributed by atoms with Crippen molar-refractivity contribution in [2.45, 2.75) is 39.3 Å². The first kappa shape index (κ1) is 20.6. The van der Waals surface area contributed by atoms with Gasteiger partial charge in [0, 0.05) is 25.9 Å². The highest BCUT2D eigenvalue weighted by Crippen LogP contribution is 2.33. The second-order valence-electron chi connectivity index (χ2n) is 8.25. The molecule has 8 heteroatoms. The van der Waals surface area contributed by atoms with Gasteiger partial charge in [0.25, 0.3) is 10.8 Å². The van der Waals surface area contributed by atoms with E-state index in [-0.39, 0.29) is 24.1 Å². The number of aryl methyl sites for hydroxylation is 2. The number of aromatic nitrogens is 3. The number of amides is 1. The van der Waals surface area contributed by atoms with Crippen LogP contribution < -0.4 is 10.3 Å². The molecule has 0 atom stereocenters. The SMILES string of the molecule is Cc1ccc(C)c2sc(OC3CCN(C(=O)Cn4cnc5ccccc5c4=O)CC3)nc12. The Morgan fingerprint density at radius 2 is 1.88 bits per heavy atom. The van der Waals surface area contributed by atoms with E-state index in [0.717, 1.165) is 23.9 Å². The van der Waals surface area contributed by atoms with Crippen molar-refractivity contribution in [1.82, 2.24) is 19.4 Å². The summed E-state index contributed by atoms with van der Waals surface area (Å²) in [5.74, 6) is -0.0751. The van der Waals surface area contributed by atoms with Gasteiger partial charge in [-0.3, -0.25) is 14.2 Å². The Morgan fingerprint density at radius 3 is 2.66 bits per heavy atom. The van der Waals surface area contributed by atoms with Gasteiger partial charge >= 0.3 is 0 Å². The summed E-state index contributed by atoms with van der Waals surface area (Å²) in [4.78, 5) is 36.2. The number of hydrogen-bond donors (Lipinski definition) is 0. The van der Waals surface area contributed by atoms with Gasteiger partial charge in [0.2, 0.25) is 5.91 Å². The summed E-state index contributed by atoms with van der Waals surface area (Å²) in [6, 6.07) is 11.4. The molecule has 1 amide bonds. The van der Waals surface area contributed by atoms with Crippen molar-refractivity contribution < 1.29 is 9.53 Å². The van der Waals surface area contributed by atoms with Crippen LogP contribution in [0, 0.1) is 13.8 Å². The summed E-state index contributed by atoms with van der Waals surface area (Å²) in [6.45, 7) is 5.35. The maximum Gasteiger partial charge on any atom is 0.274 e. The number of fused-ring (bicyclic) bond motifs is 2. The quantitative estimate of drug-likeness (QED) is 0.476. The summed E-state index contributed by atoms with van der Waals surface area (Å²) < 4.78 is 8.72. The Kier molecular flexibility index (Phi) is 5.38. The molecule has 0 radical (unpaired) electrons. The number of para-hydroxylation sites is 1. The molecule has 3 heterocycles. The van der Waals surface area contributed by atoms with Crippen molar-refractivity contribution >= 4 is 38.4 Å². The van der Waals surface area contributed by atoms with Crippen LogP contribution >= 0.6 is 11.3 Å². The van der Waals surface area contributed by atoms with Crippen molar-refractivity contribution in [3.05, 3.63) is 64.2 Å². The number of hydrogen-bond acceptors (Lipinski definition) is 6. The van der Waals surface area contributed by atoms with E-state index in [1.807, 2.05) is 6.07 Å². The molecule has 5 rings (SSSR count). The van der Waals surface area contributed by atoms with Crippen LogP contribution in [-0.4, -0.2) is 44.5 Å². The number of nitrogens with zero attached hydrogens (tertiary/aromatic N) is 4. The summed E-state index contributed by atoms with van der Waals surface area (Å²) in [5.41, 5.74) is 3.81. The molecule has 1 saturated heterocycles. The smallest absolute Gasteiger partial charge is 0.274 e. The largest absolute Gasteiger partial charge is 0.467 e. The van der Waals surface area contributed by atoms with Gasteiger partial charge in [0.05, 0.1) is 27.4 Å². The van der Waals surface area contributed by atoms with Crippen LogP contribution in [0.25, 0.3) is 21.1 Å². The van der Waals surface area contributed by atoms with Crippen LogP contribution in [0.2, 0.25) is 0 Å². The molecule has 1 aliphatic heterocycles. The highest BCUT2D eigenvalue weighted by molar-refractivity contribution is 7.20. The molecule has 0 unspecified atom stereocenters. The average molecular weight is 449 g/mol. The Hall–Kier alpha value is -3.26. The van der Waals surface area contributed by atoms with E-state index in [2.05, 4.69) is 35.9 Å². The van der Waals surface area contributed by atoms with Gasteiger partial charge < -0.3 is 9.64 Å². The topological polar surface area (TPSA) is 77.3 Å². The van der Waals surface area contributed by atoms with Crippen molar-refractivity contribution in [2.75, 3.05) is 13.1 Å². The molecule has 32 heavy (non-hydrogen) atoms. The molecule has 164 valence electrons. The maximum atomic E-state index is 12.8. The normalized spacial score (nSPS) is 14.9. The molecule has 2 aromatic heterocycles. The molecule has 0 bridgehead atoms. The van der Waals surface area contributed by atoms with E-state index < -0.39 is 0 Å². The fraction of sp³-hybridized carbons (Fsp3) is 0.333. The van der Waals surface area contributed by atoms with E-state index in [4.69, 9.17) is 4.74 Å². The molecule has 7 nitrogen and oxygen atoms in total. The number of piperidine rings is 1. The minimum Gasteiger partial charge on any atom is -0.467 e. The van der Waals surface area contributed by atoms with E-state index >= 15 is 0 Å². The van der Waals surface area contributed by atoms with Gasteiger partial charge in [0.1, 0.15) is 12.6 Å². The molecule has 1 fully saturated rings. The molecular formula is C24H24N4O3S.